The van der Waals surface area contributed by atoms with Crippen LogP contribution in [0.25, 0.3) is 0 Å². The number of rotatable bonds is 7. The number of carbonyl (C=O) groups excluding carboxylic acids is 4. The maximum Gasteiger partial charge on any atom is 0.416 e. The van der Waals surface area contributed by atoms with Gasteiger partial charge in [-0.1, -0.05) is 6.07 Å². The molecule has 33 heavy (non-hydrogen) atoms. The van der Waals surface area contributed by atoms with Gasteiger partial charge in [-0.25, -0.2) is 9.69 Å². The van der Waals surface area contributed by atoms with Gasteiger partial charge in [0.15, 0.2) is 0 Å². The number of amides is 3. The maximum atomic E-state index is 12.8. The van der Waals surface area contributed by atoms with E-state index in [4.69, 9.17) is 4.74 Å². The first-order valence-corrected chi connectivity index (χ1v) is 10.9. The number of thioether (sulfide) groups is 1. The molecule has 2 aromatic carbocycles. The van der Waals surface area contributed by atoms with Crippen LogP contribution in [0.3, 0.4) is 0 Å². The van der Waals surface area contributed by atoms with Crippen molar-refractivity contribution in [3.63, 3.8) is 0 Å². The molecule has 1 atom stereocenters. The fourth-order valence-corrected chi connectivity index (χ4v) is 4.05. The van der Waals surface area contributed by atoms with Gasteiger partial charge in [-0.05, 0) is 49.4 Å². The van der Waals surface area contributed by atoms with E-state index in [1.807, 2.05) is 0 Å². The molecular weight excluding hydrogens is 461 g/mol. The number of alkyl halides is 3. The van der Waals surface area contributed by atoms with Gasteiger partial charge in [-0.2, -0.15) is 13.2 Å². The Hall–Kier alpha value is -3.34. The highest BCUT2D eigenvalue weighted by molar-refractivity contribution is 8.01. The first-order valence-electron chi connectivity index (χ1n) is 9.83. The van der Waals surface area contributed by atoms with E-state index >= 15 is 0 Å². The number of halogens is 3. The summed E-state index contributed by atoms with van der Waals surface area (Å²) in [6.45, 7) is 1.88. The van der Waals surface area contributed by atoms with Crippen LogP contribution in [-0.4, -0.2) is 41.3 Å². The Morgan fingerprint density at radius 3 is 2.48 bits per heavy atom. The van der Waals surface area contributed by atoms with Crippen molar-refractivity contribution in [1.82, 2.24) is 0 Å². The third kappa shape index (κ3) is 5.92. The molecule has 1 heterocycles. The van der Waals surface area contributed by atoms with Crippen LogP contribution in [0.15, 0.2) is 48.5 Å². The van der Waals surface area contributed by atoms with Gasteiger partial charge in [0, 0.05) is 12.1 Å². The first-order chi connectivity index (χ1) is 15.6. The van der Waals surface area contributed by atoms with Crippen LogP contribution in [-0.2, 0) is 25.3 Å². The summed E-state index contributed by atoms with van der Waals surface area (Å²) in [6, 6.07) is 9.99. The van der Waals surface area contributed by atoms with E-state index in [0.29, 0.717) is 0 Å². The summed E-state index contributed by atoms with van der Waals surface area (Å²) in [5.74, 6) is -2.32. The second-order valence-corrected chi connectivity index (χ2v) is 8.16. The normalized spacial score (nSPS) is 16.1. The van der Waals surface area contributed by atoms with Gasteiger partial charge in [0.25, 0.3) is 0 Å². The molecule has 0 aliphatic carbocycles. The average molecular weight is 480 g/mol. The highest BCUT2D eigenvalue weighted by Gasteiger charge is 2.40. The standard InChI is InChI=1S/C22H19F3N2O5S/c1-2-32-21(31)13-6-8-16(9-7-13)27-19(29)11-17(20(27)30)33-12-18(28)26-15-5-3-4-14(10-15)22(23,24)25/h3-10,17H,2,11-12H2,1H3,(H,26,28). The van der Waals surface area contributed by atoms with E-state index < -0.39 is 40.7 Å². The molecular formula is C22H19F3N2O5S. The molecule has 1 aliphatic rings. The number of nitrogens with one attached hydrogen (secondary N) is 1. The Kier molecular flexibility index (Phi) is 7.42. The SMILES string of the molecule is CCOC(=O)c1ccc(N2C(=O)CC(SCC(=O)Nc3cccc(C(F)(F)F)c3)C2=O)cc1. The molecule has 1 fully saturated rings. The third-order valence-electron chi connectivity index (χ3n) is 4.63. The topological polar surface area (TPSA) is 92.8 Å². The molecule has 3 rings (SSSR count). The quantitative estimate of drug-likeness (QED) is 0.478. The molecule has 0 bridgehead atoms. The van der Waals surface area contributed by atoms with Crippen LogP contribution in [0.1, 0.15) is 29.3 Å². The Morgan fingerprint density at radius 1 is 1.15 bits per heavy atom. The lowest BCUT2D eigenvalue weighted by atomic mass is 10.2. The van der Waals surface area contributed by atoms with Crippen molar-refractivity contribution in [3.8, 4) is 0 Å². The second kappa shape index (κ2) is 10.1. The van der Waals surface area contributed by atoms with Crippen molar-refractivity contribution in [2.45, 2.75) is 24.8 Å². The van der Waals surface area contributed by atoms with E-state index in [-0.39, 0.29) is 35.7 Å². The number of nitrogens with zero attached hydrogens (tertiary/aromatic N) is 1. The van der Waals surface area contributed by atoms with Gasteiger partial charge in [0.05, 0.1) is 34.4 Å². The van der Waals surface area contributed by atoms with Crippen LogP contribution in [0.5, 0.6) is 0 Å². The van der Waals surface area contributed by atoms with Crippen molar-refractivity contribution in [1.29, 1.82) is 0 Å². The lowest BCUT2D eigenvalue weighted by Gasteiger charge is -2.15. The van der Waals surface area contributed by atoms with E-state index in [1.54, 1.807) is 6.92 Å². The van der Waals surface area contributed by atoms with Gasteiger partial charge in [0.1, 0.15) is 0 Å². The number of anilines is 2. The summed E-state index contributed by atoms with van der Waals surface area (Å²) in [5, 5.41) is 1.55. The zero-order valence-electron chi connectivity index (χ0n) is 17.3. The number of ether oxygens (including phenoxy) is 1. The van der Waals surface area contributed by atoms with Crippen molar-refractivity contribution >= 4 is 46.8 Å². The van der Waals surface area contributed by atoms with Crippen molar-refractivity contribution in [2.75, 3.05) is 22.6 Å². The molecule has 11 heteroatoms. The lowest BCUT2D eigenvalue weighted by Crippen LogP contribution is -2.31. The Balaban J connectivity index is 1.59. The molecule has 1 aliphatic heterocycles. The summed E-state index contributed by atoms with van der Waals surface area (Å²) in [5.41, 5.74) is -0.354. The van der Waals surface area contributed by atoms with Crippen LogP contribution in [0.2, 0.25) is 0 Å². The molecule has 0 spiro atoms. The zero-order valence-corrected chi connectivity index (χ0v) is 18.2. The molecule has 0 saturated carbocycles. The molecule has 1 N–H and O–H groups in total. The van der Waals surface area contributed by atoms with E-state index in [2.05, 4.69) is 5.32 Å². The smallest absolute Gasteiger partial charge is 0.416 e. The molecule has 0 radical (unpaired) electrons. The fourth-order valence-electron chi connectivity index (χ4n) is 3.11. The van der Waals surface area contributed by atoms with E-state index in [0.717, 1.165) is 28.8 Å². The monoisotopic (exact) mass is 480 g/mol. The number of esters is 1. The van der Waals surface area contributed by atoms with Gasteiger partial charge >= 0.3 is 12.1 Å². The predicted octanol–water partition coefficient (Wildman–Crippen LogP) is 3.89. The summed E-state index contributed by atoms with van der Waals surface area (Å²) in [4.78, 5) is 50.0. The molecule has 174 valence electrons. The highest BCUT2D eigenvalue weighted by Crippen LogP contribution is 2.32. The van der Waals surface area contributed by atoms with E-state index in [1.165, 1.54) is 36.4 Å². The van der Waals surface area contributed by atoms with Crippen LogP contribution in [0, 0.1) is 0 Å². The molecule has 2 aromatic rings. The number of hydrogen-bond donors (Lipinski definition) is 1. The molecule has 0 aromatic heterocycles. The highest BCUT2D eigenvalue weighted by atomic mass is 32.2. The average Bonchev–Trinajstić information content (AvgIpc) is 3.05. The van der Waals surface area contributed by atoms with Crippen molar-refractivity contribution in [3.05, 3.63) is 59.7 Å². The van der Waals surface area contributed by atoms with Gasteiger partial charge < -0.3 is 10.1 Å². The molecule has 1 saturated heterocycles. The van der Waals surface area contributed by atoms with E-state index in [9.17, 15) is 32.3 Å². The first kappa shape index (κ1) is 24.3. The fraction of sp³-hybridized carbons (Fsp3) is 0.273. The number of benzene rings is 2. The minimum Gasteiger partial charge on any atom is -0.462 e. The number of carbonyl (C=O) groups is 4. The molecule has 1 unspecified atom stereocenters. The summed E-state index contributed by atoms with van der Waals surface area (Å²) in [6.07, 6.45) is -4.66. The Bertz CT molecular complexity index is 1070. The van der Waals surface area contributed by atoms with Gasteiger partial charge in [-0.3, -0.25) is 14.4 Å². The number of imide groups is 1. The van der Waals surface area contributed by atoms with Gasteiger partial charge in [0.2, 0.25) is 17.7 Å². The summed E-state index contributed by atoms with van der Waals surface area (Å²) in [7, 11) is 0. The Labute approximate surface area is 191 Å². The molecule has 7 nitrogen and oxygen atoms in total. The molecule has 3 amide bonds. The predicted molar refractivity (Wildman–Crippen MR) is 116 cm³/mol. The minimum atomic E-state index is -4.54. The van der Waals surface area contributed by atoms with Crippen LogP contribution < -0.4 is 10.2 Å². The zero-order chi connectivity index (χ0) is 24.2. The maximum absolute atomic E-state index is 12.8. The third-order valence-corrected chi connectivity index (χ3v) is 5.83. The largest absolute Gasteiger partial charge is 0.462 e. The van der Waals surface area contributed by atoms with Gasteiger partial charge in [-0.15, -0.1) is 11.8 Å². The van der Waals surface area contributed by atoms with Crippen LogP contribution in [0.4, 0.5) is 24.5 Å². The second-order valence-electron chi connectivity index (χ2n) is 6.97. The van der Waals surface area contributed by atoms with Crippen molar-refractivity contribution < 1.29 is 37.1 Å². The van der Waals surface area contributed by atoms with Crippen molar-refractivity contribution in [2.24, 2.45) is 0 Å². The van der Waals surface area contributed by atoms with Crippen LogP contribution >= 0.6 is 11.8 Å². The Morgan fingerprint density at radius 2 is 1.85 bits per heavy atom. The minimum absolute atomic E-state index is 0.0208. The summed E-state index contributed by atoms with van der Waals surface area (Å²) < 4.78 is 43.3. The lowest BCUT2D eigenvalue weighted by molar-refractivity contribution is -0.137. The number of hydrogen-bond acceptors (Lipinski definition) is 6. The summed E-state index contributed by atoms with van der Waals surface area (Å²) >= 11 is 0.926.